The van der Waals surface area contributed by atoms with Crippen LogP contribution in [0.25, 0.3) is 0 Å². The summed E-state index contributed by atoms with van der Waals surface area (Å²) in [5.74, 6) is 0.557. The zero-order chi connectivity index (χ0) is 13.8. The van der Waals surface area contributed by atoms with Gasteiger partial charge in [-0.05, 0) is 43.5 Å². The van der Waals surface area contributed by atoms with Gasteiger partial charge in [-0.15, -0.1) is 0 Å². The summed E-state index contributed by atoms with van der Waals surface area (Å²) in [4.78, 5) is 8.30. The molecule has 1 aromatic heterocycles. The highest BCUT2D eigenvalue weighted by atomic mass is 35.5. The Kier molecular flexibility index (Phi) is 4.35. The monoisotopic (exact) mass is 277 g/mol. The van der Waals surface area contributed by atoms with Crippen LogP contribution in [-0.4, -0.2) is 16.0 Å². The Morgan fingerprint density at radius 2 is 2.00 bits per heavy atom. The highest BCUT2D eigenvalue weighted by Crippen LogP contribution is 2.28. The van der Waals surface area contributed by atoms with Crippen molar-refractivity contribution >= 4 is 11.6 Å². The van der Waals surface area contributed by atoms with Crippen LogP contribution < -0.4 is 10.5 Å². The normalized spacial score (nSPS) is 12.2. The van der Waals surface area contributed by atoms with Crippen molar-refractivity contribution in [2.75, 3.05) is 0 Å². The summed E-state index contributed by atoms with van der Waals surface area (Å²) in [6.45, 7) is 3.91. The van der Waals surface area contributed by atoms with Crippen LogP contribution in [0.1, 0.15) is 18.1 Å². The van der Waals surface area contributed by atoms with Crippen molar-refractivity contribution in [1.29, 1.82) is 0 Å². The minimum absolute atomic E-state index is 0.0848. The fraction of sp³-hybridized carbons (Fsp3) is 0.286. The van der Waals surface area contributed by atoms with Crippen LogP contribution in [0.3, 0.4) is 0 Å². The van der Waals surface area contributed by atoms with Gasteiger partial charge >= 0.3 is 6.01 Å². The van der Waals surface area contributed by atoms with Crippen LogP contribution in [-0.2, 0) is 6.42 Å². The second-order valence-electron chi connectivity index (χ2n) is 4.59. The minimum Gasteiger partial charge on any atom is -0.423 e. The molecule has 5 heteroatoms. The van der Waals surface area contributed by atoms with Gasteiger partial charge in [0.1, 0.15) is 5.75 Å². The van der Waals surface area contributed by atoms with E-state index in [1.54, 1.807) is 18.5 Å². The second kappa shape index (κ2) is 5.99. The average molecular weight is 278 g/mol. The van der Waals surface area contributed by atoms with Gasteiger partial charge in [0, 0.05) is 18.4 Å². The van der Waals surface area contributed by atoms with Crippen molar-refractivity contribution in [2.45, 2.75) is 26.3 Å². The molecule has 100 valence electrons. The van der Waals surface area contributed by atoms with E-state index in [0.717, 1.165) is 17.5 Å². The van der Waals surface area contributed by atoms with E-state index in [2.05, 4.69) is 9.97 Å². The zero-order valence-electron chi connectivity index (χ0n) is 10.9. The van der Waals surface area contributed by atoms with Gasteiger partial charge in [-0.25, -0.2) is 9.97 Å². The van der Waals surface area contributed by atoms with Crippen molar-refractivity contribution in [3.63, 3.8) is 0 Å². The molecule has 0 fully saturated rings. The summed E-state index contributed by atoms with van der Waals surface area (Å²) >= 11 is 6.05. The average Bonchev–Trinajstić information content (AvgIpc) is 2.35. The number of nitrogens with two attached hydrogens (primary N) is 1. The first-order valence-electron chi connectivity index (χ1n) is 6.05. The van der Waals surface area contributed by atoms with Gasteiger partial charge < -0.3 is 10.5 Å². The maximum atomic E-state index is 6.05. The molecule has 1 unspecified atom stereocenters. The van der Waals surface area contributed by atoms with Crippen molar-refractivity contribution in [3.8, 4) is 11.8 Å². The van der Waals surface area contributed by atoms with E-state index in [9.17, 15) is 0 Å². The Bertz CT molecular complexity index is 555. The Balaban J connectivity index is 2.13. The van der Waals surface area contributed by atoms with Crippen LogP contribution in [0.5, 0.6) is 11.8 Å². The molecule has 1 aromatic carbocycles. The molecular formula is C14H16ClN3O. The van der Waals surface area contributed by atoms with Gasteiger partial charge in [0.2, 0.25) is 0 Å². The predicted molar refractivity (Wildman–Crippen MR) is 75.6 cm³/mol. The molecule has 2 rings (SSSR count). The third kappa shape index (κ3) is 3.91. The third-order valence-corrected chi connectivity index (χ3v) is 2.84. The molecule has 0 radical (unpaired) electrons. The fourth-order valence-electron chi connectivity index (χ4n) is 1.66. The molecule has 0 spiro atoms. The predicted octanol–water partition coefficient (Wildman–Crippen LogP) is 3.12. The largest absolute Gasteiger partial charge is 0.423 e. The number of hydrogen-bond acceptors (Lipinski definition) is 4. The van der Waals surface area contributed by atoms with Crippen LogP contribution in [0.15, 0.2) is 30.6 Å². The number of aryl methyl sites for hydroxylation is 1. The molecular weight excluding hydrogens is 262 g/mol. The first-order valence-corrected chi connectivity index (χ1v) is 6.43. The first-order chi connectivity index (χ1) is 9.04. The summed E-state index contributed by atoms with van der Waals surface area (Å²) in [7, 11) is 0. The van der Waals surface area contributed by atoms with Gasteiger partial charge in [0.25, 0.3) is 0 Å². The van der Waals surface area contributed by atoms with E-state index in [1.807, 2.05) is 26.0 Å². The van der Waals surface area contributed by atoms with E-state index in [0.29, 0.717) is 10.8 Å². The number of aromatic nitrogens is 2. The Morgan fingerprint density at radius 3 is 2.63 bits per heavy atom. The summed E-state index contributed by atoms with van der Waals surface area (Å²) in [5, 5.41) is 0.536. The molecule has 19 heavy (non-hydrogen) atoms. The molecule has 0 saturated heterocycles. The molecule has 0 aliphatic rings. The van der Waals surface area contributed by atoms with Gasteiger partial charge in [-0.3, -0.25) is 0 Å². The highest BCUT2D eigenvalue weighted by Gasteiger charge is 2.06. The van der Waals surface area contributed by atoms with Gasteiger partial charge in [0.15, 0.2) is 0 Å². The maximum Gasteiger partial charge on any atom is 0.321 e. The molecule has 0 aliphatic carbocycles. The summed E-state index contributed by atoms with van der Waals surface area (Å²) in [6, 6.07) is 5.92. The van der Waals surface area contributed by atoms with E-state index < -0.39 is 0 Å². The highest BCUT2D eigenvalue weighted by molar-refractivity contribution is 6.32. The van der Waals surface area contributed by atoms with E-state index >= 15 is 0 Å². The lowest BCUT2D eigenvalue weighted by molar-refractivity contribution is 0.440. The maximum absolute atomic E-state index is 6.05. The molecule has 1 heterocycles. The van der Waals surface area contributed by atoms with Crippen molar-refractivity contribution < 1.29 is 4.74 Å². The number of ether oxygens (including phenoxy) is 1. The van der Waals surface area contributed by atoms with Crippen LogP contribution in [0.4, 0.5) is 0 Å². The Labute approximate surface area is 117 Å². The number of benzene rings is 1. The second-order valence-corrected chi connectivity index (χ2v) is 5.00. The van der Waals surface area contributed by atoms with Gasteiger partial charge in [-0.1, -0.05) is 17.7 Å². The van der Waals surface area contributed by atoms with Crippen LogP contribution in [0.2, 0.25) is 5.02 Å². The van der Waals surface area contributed by atoms with Crippen molar-refractivity contribution in [1.82, 2.24) is 9.97 Å². The molecule has 0 bridgehead atoms. The number of rotatable bonds is 4. The smallest absolute Gasteiger partial charge is 0.321 e. The minimum atomic E-state index is 0.0848. The summed E-state index contributed by atoms with van der Waals surface area (Å²) in [5.41, 5.74) is 7.77. The Morgan fingerprint density at radius 1 is 1.32 bits per heavy atom. The van der Waals surface area contributed by atoms with Crippen molar-refractivity contribution in [2.24, 2.45) is 5.73 Å². The molecule has 0 aliphatic heterocycles. The lowest BCUT2D eigenvalue weighted by Gasteiger charge is -2.08. The van der Waals surface area contributed by atoms with Crippen LogP contribution in [0, 0.1) is 6.92 Å². The topological polar surface area (TPSA) is 61.0 Å². The van der Waals surface area contributed by atoms with E-state index in [1.165, 1.54) is 0 Å². The van der Waals surface area contributed by atoms with Gasteiger partial charge in [0.05, 0.1) is 5.02 Å². The molecule has 2 N–H and O–H groups in total. The first kappa shape index (κ1) is 13.8. The molecule has 2 aromatic rings. The molecule has 0 amide bonds. The molecule has 0 saturated carbocycles. The lowest BCUT2D eigenvalue weighted by atomic mass is 10.1. The van der Waals surface area contributed by atoms with E-state index in [4.69, 9.17) is 22.1 Å². The number of halogens is 1. The number of hydrogen-bond donors (Lipinski definition) is 1. The lowest BCUT2D eigenvalue weighted by Crippen LogP contribution is -2.17. The fourth-order valence-corrected chi connectivity index (χ4v) is 1.82. The quantitative estimate of drug-likeness (QED) is 0.933. The molecule has 1 atom stereocenters. The van der Waals surface area contributed by atoms with Crippen molar-refractivity contribution in [3.05, 3.63) is 46.7 Å². The summed E-state index contributed by atoms with van der Waals surface area (Å²) < 4.78 is 5.56. The Hall–Kier alpha value is -1.65. The SMILES string of the molecule is Cc1ccc(Cl)c(Oc2ncc(CC(C)N)cn2)c1. The number of nitrogens with zero attached hydrogens (tertiary/aromatic N) is 2. The van der Waals surface area contributed by atoms with Crippen LogP contribution >= 0.6 is 11.6 Å². The zero-order valence-corrected chi connectivity index (χ0v) is 11.7. The summed E-state index contributed by atoms with van der Waals surface area (Å²) in [6.07, 6.45) is 4.18. The standard InChI is InChI=1S/C14H16ClN3O/c1-9-3-4-12(15)13(5-9)19-14-17-7-11(8-18-14)6-10(2)16/h3-5,7-8,10H,6,16H2,1-2H3. The third-order valence-electron chi connectivity index (χ3n) is 2.53. The van der Waals surface area contributed by atoms with E-state index in [-0.39, 0.29) is 12.1 Å². The van der Waals surface area contributed by atoms with Gasteiger partial charge in [-0.2, -0.15) is 0 Å². The molecule has 4 nitrogen and oxygen atoms in total.